The minimum atomic E-state index is -0.767. The van der Waals surface area contributed by atoms with Crippen LogP contribution in [-0.2, 0) is 0 Å². The second-order valence-electron chi connectivity index (χ2n) is 4.63. The van der Waals surface area contributed by atoms with Crippen LogP contribution in [-0.4, -0.2) is 28.5 Å². The maximum absolute atomic E-state index is 9.55. The van der Waals surface area contributed by atoms with E-state index in [1.807, 2.05) is 0 Å². The Kier molecular flexibility index (Phi) is 4.85. The molecule has 84 valence electrons. The molecule has 3 atom stereocenters. The Bertz CT molecular complexity index is 155. The highest BCUT2D eigenvalue weighted by Gasteiger charge is 2.24. The van der Waals surface area contributed by atoms with Gasteiger partial charge in [-0.05, 0) is 19.3 Å². The first-order chi connectivity index (χ1) is 6.61. The van der Waals surface area contributed by atoms with Gasteiger partial charge in [0.25, 0.3) is 0 Å². The fourth-order valence-electron chi connectivity index (χ4n) is 2.30. The van der Waals surface area contributed by atoms with Crippen LogP contribution in [0.2, 0.25) is 0 Å². The maximum Gasteiger partial charge on any atom is 0.0946 e. The Morgan fingerprint density at radius 1 is 1.21 bits per heavy atom. The summed E-state index contributed by atoms with van der Waals surface area (Å²) in [4.78, 5) is 0. The minimum absolute atomic E-state index is 0.266. The Balaban J connectivity index is 2.27. The van der Waals surface area contributed by atoms with Gasteiger partial charge in [0.2, 0.25) is 0 Å². The molecule has 0 spiro atoms. The lowest BCUT2D eigenvalue weighted by Crippen LogP contribution is -2.43. The van der Waals surface area contributed by atoms with Gasteiger partial charge in [-0.25, -0.2) is 0 Å². The number of aliphatic hydroxyl groups excluding tert-OH is 2. The molecular formula is C11H23NO2. The molecule has 1 saturated carbocycles. The average Bonchev–Trinajstić information content (AvgIpc) is 2.18. The summed E-state index contributed by atoms with van der Waals surface area (Å²) in [6.45, 7) is 1.59. The van der Waals surface area contributed by atoms with E-state index in [-0.39, 0.29) is 6.04 Å². The molecule has 0 bridgehead atoms. The van der Waals surface area contributed by atoms with E-state index in [1.54, 1.807) is 6.92 Å². The standard InChI is InChI=1S/C11H23NO2/c1-8(13)11(14)10(12)7-9-5-3-2-4-6-9/h8-11,13-14H,2-7,12H2,1H3/t8-,10+,11?/m0/s1. The normalized spacial score (nSPS) is 25.7. The molecule has 3 heteroatoms. The van der Waals surface area contributed by atoms with Gasteiger partial charge < -0.3 is 15.9 Å². The van der Waals surface area contributed by atoms with Crippen LogP contribution in [0.4, 0.5) is 0 Å². The molecule has 0 heterocycles. The van der Waals surface area contributed by atoms with Crippen LogP contribution in [0.5, 0.6) is 0 Å². The molecule has 0 saturated heterocycles. The predicted octanol–water partition coefficient (Wildman–Crippen LogP) is 1.03. The third-order valence-electron chi connectivity index (χ3n) is 3.26. The van der Waals surface area contributed by atoms with Gasteiger partial charge in [0.15, 0.2) is 0 Å². The van der Waals surface area contributed by atoms with E-state index in [0.29, 0.717) is 5.92 Å². The molecule has 0 aliphatic heterocycles. The summed E-state index contributed by atoms with van der Waals surface area (Å²) >= 11 is 0. The third-order valence-corrected chi connectivity index (χ3v) is 3.26. The highest BCUT2D eigenvalue weighted by atomic mass is 16.3. The van der Waals surface area contributed by atoms with Gasteiger partial charge in [-0.15, -0.1) is 0 Å². The van der Waals surface area contributed by atoms with Crippen LogP contribution in [0.3, 0.4) is 0 Å². The van der Waals surface area contributed by atoms with Crippen LogP contribution >= 0.6 is 0 Å². The Morgan fingerprint density at radius 3 is 2.29 bits per heavy atom. The summed E-state index contributed by atoms with van der Waals surface area (Å²) in [5.41, 5.74) is 5.84. The van der Waals surface area contributed by atoms with Gasteiger partial charge in [0, 0.05) is 6.04 Å². The first-order valence-electron chi connectivity index (χ1n) is 5.73. The molecule has 0 aromatic carbocycles. The number of hydrogen-bond acceptors (Lipinski definition) is 3. The zero-order valence-corrected chi connectivity index (χ0v) is 9.02. The van der Waals surface area contributed by atoms with Gasteiger partial charge in [0.1, 0.15) is 0 Å². The molecule has 1 rings (SSSR count). The van der Waals surface area contributed by atoms with Crippen molar-refractivity contribution in [2.24, 2.45) is 11.7 Å². The highest BCUT2D eigenvalue weighted by Crippen LogP contribution is 2.27. The van der Waals surface area contributed by atoms with Gasteiger partial charge in [-0.3, -0.25) is 0 Å². The monoisotopic (exact) mass is 201 g/mol. The molecule has 3 nitrogen and oxygen atoms in total. The first-order valence-corrected chi connectivity index (χ1v) is 5.73. The van der Waals surface area contributed by atoms with Crippen LogP contribution in [0.1, 0.15) is 45.4 Å². The lowest BCUT2D eigenvalue weighted by Gasteiger charge is -2.28. The van der Waals surface area contributed by atoms with E-state index < -0.39 is 12.2 Å². The van der Waals surface area contributed by atoms with Crippen molar-refractivity contribution in [1.29, 1.82) is 0 Å². The van der Waals surface area contributed by atoms with Crippen molar-refractivity contribution in [3.63, 3.8) is 0 Å². The number of nitrogens with two attached hydrogens (primary N) is 1. The Labute approximate surface area is 86.3 Å². The van der Waals surface area contributed by atoms with E-state index in [1.165, 1.54) is 32.1 Å². The average molecular weight is 201 g/mol. The maximum atomic E-state index is 9.55. The zero-order valence-electron chi connectivity index (χ0n) is 9.02. The second-order valence-corrected chi connectivity index (χ2v) is 4.63. The van der Waals surface area contributed by atoms with Crippen molar-refractivity contribution in [3.05, 3.63) is 0 Å². The van der Waals surface area contributed by atoms with E-state index in [0.717, 1.165) is 6.42 Å². The van der Waals surface area contributed by atoms with Gasteiger partial charge >= 0.3 is 0 Å². The third kappa shape index (κ3) is 3.56. The van der Waals surface area contributed by atoms with Gasteiger partial charge in [-0.2, -0.15) is 0 Å². The molecule has 0 aromatic rings. The molecule has 14 heavy (non-hydrogen) atoms. The second kappa shape index (κ2) is 5.69. The van der Waals surface area contributed by atoms with E-state index in [9.17, 15) is 10.2 Å². The van der Waals surface area contributed by atoms with Crippen molar-refractivity contribution in [2.45, 2.75) is 63.7 Å². The lowest BCUT2D eigenvalue weighted by molar-refractivity contribution is 0.00903. The van der Waals surface area contributed by atoms with Crippen molar-refractivity contribution >= 4 is 0 Å². The summed E-state index contributed by atoms with van der Waals surface area (Å²) in [5, 5.41) is 18.7. The quantitative estimate of drug-likeness (QED) is 0.636. The van der Waals surface area contributed by atoms with E-state index in [2.05, 4.69) is 0 Å². The molecular weight excluding hydrogens is 178 g/mol. The summed E-state index contributed by atoms with van der Waals surface area (Å²) in [5.74, 6) is 0.659. The summed E-state index contributed by atoms with van der Waals surface area (Å²) in [6.07, 6.45) is 5.77. The lowest BCUT2D eigenvalue weighted by atomic mass is 9.83. The SMILES string of the molecule is C[C@H](O)C(O)[C@H](N)CC1CCCCC1. The molecule has 1 aliphatic rings. The molecule has 0 aromatic heterocycles. The predicted molar refractivity (Wildman–Crippen MR) is 56.9 cm³/mol. The van der Waals surface area contributed by atoms with E-state index >= 15 is 0 Å². The zero-order chi connectivity index (χ0) is 10.6. The minimum Gasteiger partial charge on any atom is -0.391 e. The van der Waals surface area contributed by atoms with Crippen molar-refractivity contribution < 1.29 is 10.2 Å². The molecule has 1 unspecified atom stereocenters. The highest BCUT2D eigenvalue weighted by molar-refractivity contribution is 4.80. The van der Waals surface area contributed by atoms with Crippen molar-refractivity contribution in [2.75, 3.05) is 0 Å². The van der Waals surface area contributed by atoms with Crippen molar-refractivity contribution in [3.8, 4) is 0 Å². The van der Waals surface area contributed by atoms with Crippen molar-refractivity contribution in [1.82, 2.24) is 0 Å². The fraction of sp³-hybridized carbons (Fsp3) is 1.00. The smallest absolute Gasteiger partial charge is 0.0946 e. The fourth-order valence-corrected chi connectivity index (χ4v) is 2.30. The topological polar surface area (TPSA) is 66.5 Å². The Morgan fingerprint density at radius 2 is 1.79 bits per heavy atom. The van der Waals surface area contributed by atoms with Crippen LogP contribution in [0.15, 0.2) is 0 Å². The largest absolute Gasteiger partial charge is 0.391 e. The number of aliphatic hydroxyl groups is 2. The van der Waals surface area contributed by atoms with Crippen LogP contribution < -0.4 is 5.73 Å². The number of rotatable bonds is 4. The summed E-state index contributed by atoms with van der Waals surface area (Å²) in [6, 6.07) is -0.266. The van der Waals surface area contributed by atoms with Crippen LogP contribution in [0, 0.1) is 5.92 Å². The molecule has 0 radical (unpaired) electrons. The van der Waals surface area contributed by atoms with E-state index in [4.69, 9.17) is 5.73 Å². The molecule has 1 aliphatic carbocycles. The summed E-state index contributed by atoms with van der Waals surface area (Å²) < 4.78 is 0. The first kappa shape index (κ1) is 12.0. The van der Waals surface area contributed by atoms with Gasteiger partial charge in [-0.1, -0.05) is 32.1 Å². The molecule has 0 amide bonds. The Hall–Kier alpha value is -0.120. The molecule has 1 fully saturated rings. The van der Waals surface area contributed by atoms with Gasteiger partial charge in [0.05, 0.1) is 12.2 Å². The van der Waals surface area contributed by atoms with Crippen LogP contribution in [0.25, 0.3) is 0 Å². The number of hydrogen-bond donors (Lipinski definition) is 3. The summed E-state index contributed by atoms with van der Waals surface area (Å²) in [7, 11) is 0. The molecule has 4 N–H and O–H groups in total.